The summed E-state index contributed by atoms with van der Waals surface area (Å²) in [4.78, 5) is 23.0. The second-order valence-electron chi connectivity index (χ2n) is 15.0. The normalized spacial score (nSPS) is 14.9. The Morgan fingerprint density at radius 1 is 0.660 bits per heavy atom. The molecule has 294 valence electrons. The zero-order valence-corrected chi connectivity index (χ0v) is 34.0. The van der Waals surface area contributed by atoms with E-state index in [2.05, 4.69) is 43.5 Å². The molecule has 50 heavy (non-hydrogen) atoms. The highest BCUT2D eigenvalue weighted by atomic mass is 31.2. The monoisotopic (exact) mass is 728 g/mol. The summed E-state index contributed by atoms with van der Waals surface area (Å²) >= 11 is 0. The lowest BCUT2D eigenvalue weighted by Crippen LogP contribution is -2.45. The molecule has 0 fully saturated rings. The van der Waals surface area contributed by atoms with Gasteiger partial charge in [0.25, 0.3) is 0 Å². The molecule has 0 radical (unpaired) electrons. The third-order valence-corrected chi connectivity index (χ3v) is 9.79. The molecule has 9 heteroatoms. The van der Waals surface area contributed by atoms with Crippen LogP contribution in [0.3, 0.4) is 0 Å². The first-order chi connectivity index (χ1) is 24.0. The average molecular weight is 728 g/mol. The van der Waals surface area contributed by atoms with Crippen molar-refractivity contribution in [1.82, 2.24) is 5.32 Å². The lowest BCUT2D eigenvalue weighted by Gasteiger charge is -2.25. The molecule has 3 unspecified atom stereocenters. The lowest BCUT2D eigenvalue weighted by atomic mass is 10.1. The van der Waals surface area contributed by atoms with Gasteiger partial charge in [-0.2, -0.15) is 0 Å². The Kier molecular flexibility index (Phi) is 32.7. The van der Waals surface area contributed by atoms with Crippen LogP contribution in [0, 0.1) is 0 Å². The molecule has 0 aromatic heterocycles. The molecule has 3 N–H and O–H groups in total. The summed E-state index contributed by atoms with van der Waals surface area (Å²) in [6.07, 6.45) is 39.2. The van der Waals surface area contributed by atoms with E-state index < -0.39 is 20.0 Å². The van der Waals surface area contributed by atoms with Gasteiger partial charge in [-0.3, -0.25) is 13.8 Å². The maximum atomic E-state index is 12.8. The quantitative estimate of drug-likeness (QED) is 0.0257. The van der Waals surface area contributed by atoms with Crippen LogP contribution in [0.2, 0.25) is 0 Å². The molecule has 0 aliphatic rings. The Morgan fingerprint density at radius 3 is 1.62 bits per heavy atom. The number of hydrogen-bond acceptors (Lipinski definition) is 5. The first kappa shape index (κ1) is 48.7. The van der Waals surface area contributed by atoms with Crippen molar-refractivity contribution in [3.8, 4) is 0 Å². The SMILES string of the molecule is CCC/C=C/CCCCCCCC/C=C/C(O)C(COP(=O)(O)OCC[N+](C)(C)C)NC(=O)CCCCCCC/C=C/CCCCCCCC. The summed E-state index contributed by atoms with van der Waals surface area (Å²) in [6.45, 7) is 4.72. The second kappa shape index (κ2) is 33.5. The summed E-state index contributed by atoms with van der Waals surface area (Å²) in [5.74, 6) is -0.191. The minimum absolute atomic E-state index is 0.0578. The molecule has 0 rings (SSSR count). The van der Waals surface area contributed by atoms with Gasteiger partial charge in [-0.05, 0) is 64.2 Å². The molecule has 0 aromatic carbocycles. The van der Waals surface area contributed by atoms with Gasteiger partial charge in [-0.1, -0.05) is 134 Å². The van der Waals surface area contributed by atoms with Crippen LogP contribution in [0.25, 0.3) is 0 Å². The van der Waals surface area contributed by atoms with Gasteiger partial charge in [-0.15, -0.1) is 0 Å². The second-order valence-corrected chi connectivity index (χ2v) is 16.5. The lowest BCUT2D eigenvalue weighted by molar-refractivity contribution is -0.870. The van der Waals surface area contributed by atoms with Crippen molar-refractivity contribution >= 4 is 13.7 Å². The molecular weight excluding hydrogens is 647 g/mol. The first-order valence-corrected chi connectivity index (χ1v) is 21.9. The Bertz CT molecular complexity index is 917. The van der Waals surface area contributed by atoms with Crippen molar-refractivity contribution in [3.05, 3.63) is 36.5 Å². The van der Waals surface area contributed by atoms with Gasteiger partial charge in [-0.25, -0.2) is 4.57 Å². The number of rotatable bonds is 36. The van der Waals surface area contributed by atoms with E-state index in [1.807, 2.05) is 27.2 Å². The number of amides is 1. The number of phosphoric ester groups is 1. The van der Waals surface area contributed by atoms with Gasteiger partial charge in [0.2, 0.25) is 5.91 Å². The van der Waals surface area contributed by atoms with Gasteiger partial charge < -0.3 is 19.8 Å². The standard InChI is InChI=1S/C41H79N2O6P/c1-6-8-10-12-14-16-18-20-21-23-25-27-29-31-33-35-41(45)42-39(38-49-50(46,47)48-37-36-43(3,4)5)40(44)34-32-30-28-26-24-22-19-17-15-13-11-9-7-2/h11,13,20-21,32,34,39-40,44H,6-10,12,14-19,22-31,33,35-38H2,1-5H3,(H-,42,45,46,47)/p+1/b13-11+,21-20+,34-32+. The Morgan fingerprint density at radius 2 is 1.12 bits per heavy atom. The molecule has 0 saturated heterocycles. The van der Waals surface area contributed by atoms with Crippen molar-refractivity contribution in [2.75, 3.05) is 40.9 Å². The maximum Gasteiger partial charge on any atom is 0.472 e. The highest BCUT2D eigenvalue weighted by Gasteiger charge is 2.27. The summed E-state index contributed by atoms with van der Waals surface area (Å²) < 4.78 is 23.5. The van der Waals surface area contributed by atoms with Crippen molar-refractivity contribution in [2.45, 2.75) is 180 Å². The van der Waals surface area contributed by atoms with E-state index in [-0.39, 0.29) is 19.1 Å². The number of nitrogens with zero attached hydrogens (tertiary/aromatic N) is 1. The number of likely N-dealkylation sites (N-methyl/N-ethyl adjacent to an activating group) is 1. The van der Waals surface area contributed by atoms with Gasteiger partial charge in [0.05, 0.1) is 39.9 Å². The third-order valence-electron chi connectivity index (χ3n) is 8.80. The maximum absolute atomic E-state index is 12.8. The van der Waals surface area contributed by atoms with E-state index in [4.69, 9.17) is 9.05 Å². The Balaban J connectivity index is 4.52. The molecule has 1 amide bonds. The van der Waals surface area contributed by atoms with E-state index in [9.17, 15) is 19.4 Å². The number of carbonyl (C=O) groups excluding carboxylic acids is 1. The fourth-order valence-electron chi connectivity index (χ4n) is 5.51. The summed E-state index contributed by atoms with van der Waals surface area (Å²) in [5, 5.41) is 13.8. The predicted octanol–water partition coefficient (Wildman–Crippen LogP) is 10.7. The minimum atomic E-state index is -4.33. The molecule has 0 spiro atoms. The number of carbonyl (C=O) groups is 1. The fourth-order valence-corrected chi connectivity index (χ4v) is 6.24. The number of phosphoric acid groups is 1. The van der Waals surface area contributed by atoms with E-state index in [0.717, 1.165) is 51.4 Å². The zero-order chi connectivity index (χ0) is 37.2. The third kappa shape index (κ3) is 35.1. The summed E-state index contributed by atoms with van der Waals surface area (Å²) in [6, 6.07) is -0.851. The predicted molar refractivity (Wildman–Crippen MR) is 212 cm³/mol. The summed E-state index contributed by atoms with van der Waals surface area (Å²) in [5.41, 5.74) is 0. The number of aliphatic hydroxyl groups is 1. The van der Waals surface area contributed by atoms with Gasteiger partial charge in [0.15, 0.2) is 0 Å². The minimum Gasteiger partial charge on any atom is -0.387 e. The van der Waals surface area contributed by atoms with Gasteiger partial charge in [0.1, 0.15) is 13.2 Å². The van der Waals surface area contributed by atoms with Crippen LogP contribution < -0.4 is 5.32 Å². The number of hydrogen-bond donors (Lipinski definition) is 3. The molecule has 0 aliphatic heterocycles. The highest BCUT2D eigenvalue weighted by Crippen LogP contribution is 2.43. The van der Waals surface area contributed by atoms with Crippen molar-refractivity contribution in [3.63, 3.8) is 0 Å². The number of allylic oxidation sites excluding steroid dienone is 5. The molecule has 0 aromatic rings. The van der Waals surface area contributed by atoms with Crippen LogP contribution in [0.4, 0.5) is 0 Å². The largest absolute Gasteiger partial charge is 0.472 e. The van der Waals surface area contributed by atoms with Crippen LogP contribution in [-0.2, 0) is 18.4 Å². The highest BCUT2D eigenvalue weighted by molar-refractivity contribution is 7.47. The van der Waals surface area contributed by atoms with Crippen LogP contribution in [-0.4, -0.2) is 73.4 Å². The Hall–Kier alpha value is -1.28. The van der Waals surface area contributed by atoms with Crippen molar-refractivity contribution < 1.29 is 32.9 Å². The van der Waals surface area contributed by atoms with Crippen LogP contribution in [0.5, 0.6) is 0 Å². The van der Waals surface area contributed by atoms with Crippen molar-refractivity contribution in [1.29, 1.82) is 0 Å². The van der Waals surface area contributed by atoms with Crippen LogP contribution >= 0.6 is 7.82 Å². The van der Waals surface area contributed by atoms with Crippen LogP contribution in [0.1, 0.15) is 168 Å². The number of aliphatic hydroxyl groups excluding tert-OH is 1. The first-order valence-electron chi connectivity index (χ1n) is 20.4. The fraction of sp³-hybridized carbons (Fsp3) is 0.829. The molecule has 0 bridgehead atoms. The van der Waals surface area contributed by atoms with E-state index in [1.54, 1.807) is 6.08 Å². The number of unbranched alkanes of at least 4 members (excludes halogenated alkanes) is 19. The topological polar surface area (TPSA) is 105 Å². The smallest absolute Gasteiger partial charge is 0.387 e. The van der Waals surface area contributed by atoms with E-state index in [1.165, 1.54) is 96.3 Å². The Labute approximate surface area is 308 Å². The van der Waals surface area contributed by atoms with Crippen molar-refractivity contribution in [2.24, 2.45) is 0 Å². The number of nitrogens with one attached hydrogen (secondary N) is 1. The molecule has 0 heterocycles. The average Bonchev–Trinajstić information content (AvgIpc) is 3.06. The molecular formula is C41H80N2O6P+. The zero-order valence-electron chi connectivity index (χ0n) is 33.1. The molecule has 8 nitrogen and oxygen atoms in total. The molecule has 0 aliphatic carbocycles. The molecule has 0 saturated carbocycles. The van der Waals surface area contributed by atoms with Crippen LogP contribution in [0.15, 0.2) is 36.5 Å². The van der Waals surface area contributed by atoms with E-state index in [0.29, 0.717) is 17.4 Å². The van der Waals surface area contributed by atoms with Gasteiger partial charge in [0, 0.05) is 6.42 Å². The summed E-state index contributed by atoms with van der Waals surface area (Å²) in [7, 11) is 1.56. The van der Waals surface area contributed by atoms with E-state index >= 15 is 0 Å². The molecule has 3 atom stereocenters. The number of quaternary nitrogens is 1. The van der Waals surface area contributed by atoms with Gasteiger partial charge >= 0.3 is 7.82 Å².